The van der Waals surface area contributed by atoms with Crippen molar-refractivity contribution in [1.82, 2.24) is 10.2 Å². The molecule has 0 saturated carbocycles. The van der Waals surface area contributed by atoms with Crippen LogP contribution in [0.2, 0.25) is 0 Å². The molecule has 2 amide bonds. The monoisotopic (exact) mass is 394 g/mol. The molecule has 3 N–H and O–H groups in total. The van der Waals surface area contributed by atoms with Crippen molar-refractivity contribution < 1.29 is 34.1 Å². The number of carboxylic acids is 2. The van der Waals surface area contributed by atoms with Crippen LogP contribution in [0.15, 0.2) is 24.3 Å². The lowest BCUT2D eigenvalue weighted by Gasteiger charge is -2.43. The van der Waals surface area contributed by atoms with Crippen LogP contribution in [-0.2, 0) is 25.5 Å². The Hall–Kier alpha value is -2.59. The molecule has 144 valence electrons. The van der Waals surface area contributed by atoms with Crippen LogP contribution in [0.5, 0.6) is 0 Å². The first kappa shape index (κ1) is 19.2. The third-order valence-electron chi connectivity index (χ3n) is 4.70. The van der Waals surface area contributed by atoms with Crippen molar-refractivity contribution >= 4 is 35.5 Å². The Labute approximate surface area is 158 Å². The maximum Gasteiger partial charge on any atom is 0.335 e. The normalized spacial score (nSPS) is 29.0. The molecule has 0 spiro atoms. The van der Waals surface area contributed by atoms with Crippen LogP contribution in [0.4, 0.5) is 0 Å². The summed E-state index contributed by atoms with van der Waals surface area (Å²) in [7, 11) is 1.38. The number of rotatable bonds is 6. The zero-order valence-electron chi connectivity index (χ0n) is 14.5. The standard InChI is InChI=1S/C17H18N2O7S/c1-17(26-2)12(16(24)25)19-13(21)11(14(19)27-17)18-10(20)7-8-4-3-5-9(6-8)15(22)23/h3-6,11-12,14H,7H2,1-2H3,(H,18,20)(H,22,23)(H,24,25)/t11-,12?,14+,17+/m1/s1. The molecule has 2 fully saturated rings. The molecule has 1 aromatic carbocycles. The number of nitrogens with zero attached hydrogens (tertiary/aromatic N) is 1. The lowest BCUT2D eigenvalue weighted by molar-refractivity contribution is -0.166. The zero-order valence-corrected chi connectivity index (χ0v) is 15.4. The highest BCUT2D eigenvalue weighted by Crippen LogP contribution is 2.51. The largest absolute Gasteiger partial charge is 0.480 e. The lowest BCUT2D eigenvalue weighted by Crippen LogP contribution is -2.70. The van der Waals surface area contributed by atoms with E-state index in [0.29, 0.717) is 5.56 Å². The van der Waals surface area contributed by atoms with Gasteiger partial charge in [-0.05, 0) is 24.6 Å². The Bertz CT molecular complexity index is 829. The quantitative estimate of drug-likeness (QED) is 0.581. The van der Waals surface area contributed by atoms with Gasteiger partial charge >= 0.3 is 11.9 Å². The average molecular weight is 394 g/mol. The van der Waals surface area contributed by atoms with E-state index in [1.807, 2.05) is 0 Å². The van der Waals surface area contributed by atoms with Gasteiger partial charge in [-0.25, -0.2) is 9.59 Å². The number of methoxy groups -OCH3 is 1. The predicted molar refractivity (Wildman–Crippen MR) is 94.1 cm³/mol. The molecule has 2 heterocycles. The number of amides is 2. The zero-order chi connectivity index (χ0) is 19.9. The number of fused-ring (bicyclic) bond motifs is 1. The molecule has 9 nitrogen and oxygen atoms in total. The predicted octanol–water partition coefficient (Wildman–Crippen LogP) is 0.143. The summed E-state index contributed by atoms with van der Waals surface area (Å²) in [5.74, 6) is -3.19. The third kappa shape index (κ3) is 3.26. The average Bonchev–Trinajstić information content (AvgIpc) is 2.90. The molecule has 0 aliphatic carbocycles. The number of carbonyl (C=O) groups excluding carboxylic acids is 2. The molecule has 2 saturated heterocycles. The van der Waals surface area contributed by atoms with Gasteiger partial charge in [-0.3, -0.25) is 9.59 Å². The van der Waals surface area contributed by atoms with E-state index in [2.05, 4.69) is 5.32 Å². The fourth-order valence-electron chi connectivity index (χ4n) is 3.30. The maximum atomic E-state index is 12.4. The number of carbonyl (C=O) groups is 4. The number of aromatic carboxylic acids is 1. The first-order valence-electron chi connectivity index (χ1n) is 8.07. The highest BCUT2D eigenvalue weighted by atomic mass is 32.2. The van der Waals surface area contributed by atoms with E-state index in [4.69, 9.17) is 9.84 Å². The highest BCUT2D eigenvalue weighted by Gasteiger charge is 2.66. The Morgan fingerprint density at radius 1 is 1.33 bits per heavy atom. The van der Waals surface area contributed by atoms with Crippen LogP contribution < -0.4 is 5.32 Å². The van der Waals surface area contributed by atoms with Gasteiger partial charge in [0.05, 0.1) is 12.0 Å². The second-order valence-corrected chi connectivity index (χ2v) is 7.97. The van der Waals surface area contributed by atoms with E-state index in [1.54, 1.807) is 13.0 Å². The van der Waals surface area contributed by atoms with Crippen molar-refractivity contribution in [1.29, 1.82) is 0 Å². The summed E-state index contributed by atoms with van der Waals surface area (Å²) in [6, 6.07) is 3.99. The van der Waals surface area contributed by atoms with Gasteiger partial charge in [-0.15, -0.1) is 0 Å². The molecule has 0 bridgehead atoms. The molecule has 10 heteroatoms. The number of hydrogen-bond donors (Lipinski definition) is 3. The van der Waals surface area contributed by atoms with Gasteiger partial charge in [0.25, 0.3) is 0 Å². The topological polar surface area (TPSA) is 133 Å². The smallest absolute Gasteiger partial charge is 0.335 e. The van der Waals surface area contributed by atoms with Gasteiger partial charge in [0.15, 0.2) is 6.04 Å². The minimum Gasteiger partial charge on any atom is -0.480 e. The number of aliphatic carboxylic acids is 1. The molecule has 2 aliphatic rings. The van der Waals surface area contributed by atoms with Crippen molar-refractivity contribution in [3.63, 3.8) is 0 Å². The van der Waals surface area contributed by atoms with Crippen molar-refractivity contribution in [2.75, 3.05) is 7.11 Å². The fraction of sp³-hybridized carbons (Fsp3) is 0.412. The summed E-state index contributed by atoms with van der Waals surface area (Å²) in [4.78, 5) is 47.3. The molecule has 2 aliphatic heterocycles. The van der Waals surface area contributed by atoms with Crippen LogP contribution in [0.3, 0.4) is 0 Å². The molecule has 0 radical (unpaired) electrons. The van der Waals surface area contributed by atoms with Crippen LogP contribution in [0.25, 0.3) is 0 Å². The molecular formula is C17H18N2O7S. The Balaban J connectivity index is 1.68. The summed E-state index contributed by atoms with van der Waals surface area (Å²) >= 11 is 1.18. The van der Waals surface area contributed by atoms with Crippen LogP contribution in [0.1, 0.15) is 22.8 Å². The number of nitrogens with one attached hydrogen (secondary N) is 1. The van der Waals surface area contributed by atoms with Crippen molar-refractivity contribution in [2.45, 2.75) is 35.7 Å². The van der Waals surface area contributed by atoms with Gasteiger partial charge in [0.2, 0.25) is 11.8 Å². The van der Waals surface area contributed by atoms with Gasteiger partial charge in [0.1, 0.15) is 16.3 Å². The first-order valence-corrected chi connectivity index (χ1v) is 8.95. The molecule has 4 atom stereocenters. The lowest BCUT2D eigenvalue weighted by atomic mass is 10.00. The molecule has 1 unspecified atom stereocenters. The number of thioether (sulfide) groups is 1. The summed E-state index contributed by atoms with van der Waals surface area (Å²) in [6.45, 7) is 1.60. The molecule has 0 aromatic heterocycles. The van der Waals surface area contributed by atoms with E-state index < -0.39 is 46.1 Å². The molecular weight excluding hydrogens is 376 g/mol. The van der Waals surface area contributed by atoms with E-state index in [0.717, 1.165) is 0 Å². The van der Waals surface area contributed by atoms with E-state index >= 15 is 0 Å². The SMILES string of the molecule is CO[C@@]1(C)S[C@H]2[C@H](NC(=O)Cc3cccc(C(=O)O)c3)C(=O)N2C1C(=O)O. The second-order valence-electron chi connectivity index (χ2n) is 6.44. The molecule has 27 heavy (non-hydrogen) atoms. The number of β-lactam (4-membered cyclic amide) rings is 1. The van der Waals surface area contributed by atoms with Gasteiger partial charge < -0.3 is 25.2 Å². The number of hydrogen-bond acceptors (Lipinski definition) is 6. The summed E-state index contributed by atoms with van der Waals surface area (Å²) in [6.07, 6.45) is -0.0911. The van der Waals surface area contributed by atoms with Crippen LogP contribution in [0, 0.1) is 0 Å². The van der Waals surface area contributed by atoms with Crippen molar-refractivity contribution in [2.24, 2.45) is 0 Å². The summed E-state index contributed by atoms with van der Waals surface area (Å²) in [5, 5.41) is 20.5. The van der Waals surface area contributed by atoms with Gasteiger partial charge in [0, 0.05) is 7.11 Å². The minimum absolute atomic E-state index is 0.0673. The maximum absolute atomic E-state index is 12.4. The minimum atomic E-state index is -1.17. The van der Waals surface area contributed by atoms with E-state index in [1.165, 1.54) is 42.0 Å². The summed E-state index contributed by atoms with van der Waals surface area (Å²) < 4.78 is 5.31. The third-order valence-corrected chi connectivity index (χ3v) is 6.30. The van der Waals surface area contributed by atoms with Gasteiger partial charge in [-0.1, -0.05) is 23.9 Å². The highest BCUT2D eigenvalue weighted by molar-refractivity contribution is 8.01. The molecule has 3 rings (SSSR count). The Morgan fingerprint density at radius 2 is 2.04 bits per heavy atom. The second kappa shape index (κ2) is 6.86. The Morgan fingerprint density at radius 3 is 2.63 bits per heavy atom. The van der Waals surface area contributed by atoms with Crippen LogP contribution in [-0.4, -0.2) is 68.4 Å². The van der Waals surface area contributed by atoms with Crippen molar-refractivity contribution in [3.05, 3.63) is 35.4 Å². The Kier molecular flexibility index (Phi) is 4.87. The number of ether oxygens (including phenoxy) is 1. The number of carboxylic acid groups (broad SMARTS) is 2. The van der Waals surface area contributed by atoms with Crippen molar-refractivity contribution in [3.8, 4) is 0 Å². The van der Waals surface area contributed by atoms with E-state index in [9.17, 15) is 24.3 Å². The van der Waals surface area contributed by atoms with Gasteiger partial charge in [-0.2, -0.15) is 0 Å². The van der Waals surface area contributed by atoms with E-state index in [-0.39, 0.29) is 12.0 Å². The first-order chi connectivity index (χ1) is 12.7. The van der Waals surface area contributed by atoms with Crippen LogP contribution >= 0.6 is 11.8 Å². The fourth-order valence-corrected chi connectivity index (χ4v) is 4.88. The molecule has 1 aromatic rings. The number of benzene rings is 1. The summed E-state index contributed by atoms with van der Waals surface area (Å²) in [5.41, 5.74) is 0.568.